The molecule has 10 heteroatoms. The first-order valence-corrected chi connectivity index (χ1v) is 12.7. The van der Waals surface area contributed by atoms with Gasteiger partial charge in [0.05, 0.1) is 24.0 Å². The number of thioether (sulfide) groups is 1. The number of nitrogens with one attached hydrogen (secondary N) is 2. The van der Waals surface area contributed by atoms with Gasteiger partial charge in [-0.15, -0.1) is 0 Å². The first kappa shape index (κ1) is 23.8. The summed E-state index contributed by atoms with van der Waals surface area (Å²) >= 11 is 1.76. The summed E-state index contributed by atoms with van der Waals surface area (Å²) in [7, 11) is 1.64. The van der Waals surface area contributed by atoms with Crippen molar-refractivity contribution in [2.75, 3.05) is 38.7 Å². The number of nitrogens with zero attached hydrogens (tertiary/aromatic N) is 3. The molecule has 2 aliphatic rings. The van der Waals surface area contributed by atoms with Crippen LogP contribution in [0.15, 0.2) is 48.5 Å². The van der Waals surface area contributed by atoms with E-state index in [1.807, 2.05) is 30.3 Å². The number of urea groups is 1. The number of rotatable bonds is 7. The fourth-order valence-corrected chi connectivity index (χ4v) is 5.76. The molecule has 2 N–H and O–H groups in total. The fraction of sp³-hybridized carbons (Fsp3) is 0.360. The molecule has 2 atom stereocenters. The third-order valence-corrected chi connectivity index (χ3v) is 7.45. The average molecular weight is 500 g/mol. The summed E-state index contributed by atoms with van der Waals surface area (Å²) in [5.41, 5.74) is 3.52. The molecule has 1 fully saturated rings. The molecule has 1 saturated heterocycles. The predicted octanol–water partition coefficient (Wildman–Crippen LogP) is 4.13. The lowest BCUT2D eigenvalue weighted by Gasteiger charge is -2.21. The lowest BCUT2D eigenvalue weighted by Crippen LogP contribution is -2.42. The van der Waals surface area contributed by atoms with Crippen molar-refractivity contribution in [2.45, 2.75) is 23.5 Å². The van der Waals surface area contributed by atoms with Gasteiger partial charge in [-0.05, 0) is 29.8 Å². The van der Waals surface area contributed by atoms with Crippen LogP contribution in [0.5, 0.6) is 0 Å². The van der Waals surface area contributed by atoms with Gasteiger partial charge >= 0.3 is 6.03 Å². The Hall–Kier alpha value is -2.95. The van der Waals surface area contributed by atoms with Crippen molar-refractivity contribution in [1.29, 1.82) is 0 Å². The lowest BCUT2D eigenvalue weighted by molar-refractivity contribution is 0.159. The van der Waals surface area contributed by atoms with E-state index in [1.165, 1.54) is 6.07 Å². The summed E-state index contributed by atoms with van der Waals surface area (Å²) < 4.78 is 34.5. The van der Waals surface area contributed by atoms with Gasteiger partial charge < -0.3 is 10.1 Å². The zero-order valence-corrected chi connectivity index (χ0v) is 20.2. The standard InChI is InChI=1S/C25H27F2N5O2S/c1-34-10-9-31-12-18(16-7-8-20(26)21(27)11-16)22(13-31)28-25(33)29-24-19-14-35-15-23(19)30-32(24)17-5-3-2-4-6-17/h2-8,11,18,22H,9-10,12-15H2,1H3,(H2,28,29,33)/t18-,22+/m0/s1. The molecule has 0 spiro atoms. The molecule has 2 amide bonds. The molecule has 3 heterocycles. The zero-order chi connectivity index (χ0) is 24.4. The number of methoxy groups -OCH3 is 1. The van der Waals surface area contributed by atoms with Crippen LogP contribution in [0, 0.1) is 11.6 Å². The van der Waals surface area contributed by atoms with Gasteiger partial charge in [0.15, 0.2) is 11.6 Å². The second-order valence-electron chi connectivity index (χ2n) is 8.75. The van der Waals surface area contributed by atoms with Crippen LogP contribution in [0.3, 0.4) is 0 Å². The van der Waals surface area contributed by atoms with Crippen LogP contribution < -0.4 is 10.6 Å². The number of likely N-dealkylation sites (tertiary alicyclic amines) is 1. The van der Waals surface area contributed by atoms with E-state index in [9.17, 15) is 13.6 Å². The Balaban J connectivity index is 1.37. The monoisotopic (exact) mass is 499 g/mol. The average Bonchev–Trinajstić information content (AvgIpc) is 3.56. The van der Waals surface area contributed by atoms with Crippen LogP contribution in [-0.4, -0.2) is 60.1 Å². The summed E-state index contributed by atoms with van der Waals surface area (Å²) in [4.78, 5) is 15.4. The molecule has 184 valence electrons. The molecule has 0 saturated carbocycles. The smallest absolute Gasteiger partial charge is 0.320 e. The van der Waals surface area contributed by atoms with Gasteiger partial charge in [0.25, 0.3) is 0 Å². The highest BCUT2D eigenvalue weighted by Crippen LogP contribution is 2.36. The third kappa shape index (κ3) is 5.05. The Bertz CT molecular complexity index is 1210. The van der Waals surface area contributed by atoms with Crippen LogP contribution in [-0.2, 0) is 16.2 Å². The number of ether oxygens (including phenoxy) is 1. The van der Waals surface area contributed by atoms with Crippen LogP contribution in [0.4, 0.5) is 19.4 Å². The van der Waals surface area contributed by atoms with E-state index >= 15 is 0 Å². The highest BCUT2D eigenvalue weighted by Gasteiger charge is 2.35. The maximum Gasteiger partial charge on any atom is 0.320 e. The molecule has 0 aliphatic carbocycles. The molecule has 0 radical (unpaired) electrons. The quantitative estimate of drug-likeness (QED) is 0.512. The van der Waals surface area contributed by atoms with Crippen molar-refractivity contribution < 1.29 is 18.3 Å². The van der Waals surface area contributed by atoms with Crippen molar-refractivity contribution in [3.8, 4) is 5.69 Å². The molecule has 3 aromatic rings. The van der Waals surface area contributed by atoms with E-state index in [-0.39, 0.29) is 18.0 Å². The van der Waals surface area contributed by atoms with Crippen LogP contribution in [0.1, 0.15) is 22.7 Å². The van der Waals surface area contributed by atoms with E-state index in [1.54, 1.807) is 29.6 Å². The first-order chi connectivity index (χ1) is 17.0. The SMILES string of the molecule is COCCN1C[C@@H](NC(=O)Nc2c3c(nn2-c2ccccc2)CSC3)[C@H](c2ccc(F)c(F)c2)C1. The number of amides is 2. The summed E-state index contributed by atoms with van der Waals surface area (Å²) in [5.74, 6) is 0.289. The molecule has 2 aliphatic heterocycles. The molecule has 1 aromatic heterocycles. The van der Waals surface area contributed by atoms with Gasteiger partial charge in [0, 0.05) is 49.7 Å². The van der Waals surface area contributed by atoms with Gasteiger partial charge in [-0.3, -0.25) is 10.2 Å². The maximum atomic E-state index is 14.0. The minimum absolute atomic E-state index is 0.187. The van der Waals surface area contributed by atoms with Crippen molar-refractivity contribution in [2.24, 2.45) is 0 Å². The number of benzene rings is 2. The summed E-state index contributed by atoms with van der Waals surface area (Å²) in [6, 6.07) is 13.0. The first-order valence-electron chi connectivity index (χ1n) is 11.5. The zero-order valence-electron chi connectivity index (χ0n) is 19.3. The van der Waals surface area contributed by atoms with E-state index in [0.717, 1.165) is 34.5 Å². The van der Waals surface area contributed by atoms with Crippen LogP contribution >= 0.6 is 11.8 Å². The second-order valence-corrected chi connectivity index (χ2v) is 9.74. The number of para-hydroxylation sites is 1. The number of carbonyl (C=O) groups is 1. The van der Waals surface area contributed by atoms with Gasteiger partial charge in [0.2, 0.25) is 0 Å². The molecule has 0 bridgehead atoms. The van der Waals surface area contributed by atoms with Gasteiger partial charge in [-0.1, -0.05) is 24.3 Å². The lowest BCUT2D eigenvalue weighted by atomic mass is 9.94. The fourth-order valence-electron chi connectivity index (χ4n) is 4.72. The molecule has 0 unspecified atom stereocenters. The number of carbonyl (C=O) groups excluding carboxylic acids is 1. The largest absolute Gasteiger partial charge is 0.383 e. The normalized spacial score (nSPS) is 19.6. The Morgan fingerprint density at radius 1 is 1.14 bits per heavy atom. The summed E-state index contributed by atoms with van der Waals surface area (Å²) in [6.45, 7) is 2.41. The van der Waals surface area contributed by atoms with Gasteiger partial charge in [-0.25, -0.2) is 18.3 Å². The van der Waals surface area contributed by atoms with E-state index in [2.05, 4.69) is 15.5 Å². The minimum Gasteiger partial charge on any atom is -0.383 e. The van der Waals surface area contributed by atoms with E-state index < -0.39 is 11.6 Å². The Morgan fingerprint density at radius 2 is 1.97 bits per heavy atom. The second kappa shape index (κ2) is 10.3. The minimum atomic E-state index is -0.888. The molecule has 5 rings (SSSR count). The molecule has 7 nitrogen and oxygen atoms in total. The number of anilines is 1. The van der Waals surface area contributed by atoms with Crippen molar-refractivity contribution in [3.05, 3.63) is 77.0 Å². The van der Waals surface area contributed by atoms with E-state index in [0.29, 0.717) is 37.6 Å². The highest BCUT2D eigenvalue weighted by molar-refractivity contribution is 7.98. The highest BCUT2D eigenvalue weighted by atomic mass is 32.2. The summed E-state index contributed by atoms with van der Waals surface area (Å²) in [5, 5.41) is 10.8. The Morgan fingerprint density at radius 3 is 2.74 bits per heavy atom. The van der Waals surface area contributed by atoms with Crippen molar-refractivity contribution in [1.82, 2.24) is 20.0 Å². The van der Waals surface area contributed by atoms with E-state index in [4.69, 9.17) is 9.84 Å². The van der Waals surface area contributed by atoms with Crippen molar-refractivity contribution in [3.63, 3.8) is 0 Å². The molecular weight excluding hydrogens is 472 g/mol. The van der Waals surface area contributed by atoms with Gasteiger partial charge in [0.1, 0.15) is 5.82 Å². The number of hydrogen-bond acceptors (Lipinski definition) is 5. The maximum absolute atomic E-state index is 14.0. The Labute approximate surface area is 206 Å². The topological polar surface area (TPSA) is 71.4 Å². The van der Waals surface area contributed by atoms with Crippen molar-refractivity contribution >= 4 is 23.6 Å². The number of fused-ring (bicyclic) bond motifs is 1. The summed E-state index contributed by atoms with van der Waals surface area (Å²) in [6.07, 6.45) is 0. The Kier molecular flexibility index (Phi) is 7.03. The molecular formula is C25H27F2N5O2S. The molecule has 2 aromatic carbocycles. The van der Waals surface area contributed by atoms with Crippen LogP contribution in [0.25, 0.3) is 5.69 Å². The third-order valence-electron chi connectivity index (χ3n) is 6.48. The predicted molar refractivity (Wildman–Crippen MR) is 132 cm³/mol. The number of aromatic nitrogens is 2. The number of hydrogen-bond donors (Lipinski definition) is 2. The molecule has 35 heavy (non-hydrogen) atoms. The number of halogens is 2. The van der Waals surface area contributed by atoms with Crippen LogP contribution in [0.2, 0.25) is 0 Å². The van der Waals surface area contributed by atoms with Gasteiger partial charge in [-0.2, -0.15) is 16.9 Å².